The van der Waals surface area contributed by atoms with E-state index in [4.69, 9.17) is 4.74 Å². The first kappa shape index (κ1) is 19.4. The van der Waals surface area contributed by atoms with Gasteiger partial charge >= 0.3 is 0 Å². The third-order valence-electron chi connectivity index (χ3n) is 5.27. The second-order valence-corrected chi connectivity index (χ2v) is 10.1. The molecule has 1 aliphatic carbocycles. The summed E-state index contributed by atoms with van der Waals surface area (Å²) >= 11 is 1.47. The molecule has 9 heteroatoms. The summed E-state index contributed by atoms with van der Waals surface area (Å²) < 4.78 is 32.0. The number of amides is 1. The van der Waals surface area contributed by atoms with Gasteiger partial charge in [-0.25, -0.2) is 13.4 Å². The molecule has 1 fully saturated rings. The van der Waals surface area contributed by atoms with Gasteiger partial charge in [-0.1, -0.05) is 24.3 Å². The molecular formula is C21H19N3O4S2. The Kier molecular flexibility index (Phi) is 4.90. The number of fused-ring (bicyclic) bond motifs is 3. The van der Waals surface area contributed by atoms with Crippen molar-refractivity contribution in [3.05, 3.63) is 64.5 Å². The Bertz CT molecular complexity index is 1210. The lowest BCUT2D eigenvalue weighted by molar-refractivity contribution is 0.0730. The van der Waals surface area contributed by atoms with E-state index < -0.39 is 10.0 Å². The lowest BCUT2D eigenvalue weighted by Crippen LogP contribution is -2.40. The van der Waals surface area contributed by atoms with Crippen LogP contribution in [0, 0.1) is 0 Å². The highest BCUT2D eigenvalue weighted by atomic mass is 32.2. The molecule has 1 amide bonds. The highest BCUT2D eigenvalue weighted by Gasteiger charge is 2.27. The van der Waals surface area contributed by atoms with Gasteiger partial charge in [0.2, 0.25) is 10.0 Å². The summed E-state index contributed by atoms with van der Waals surface area (Å²) in [5.74, 6) is -0.314. The molecule has 0 radical (unpaired) electrons. The number of hydrogen-bond donors (Lipinski definition) is 1. The summed E-state index contributed by atoms with van der Waals surface area (Å²) in [4.78, 5) is 18.5. The van der Waals surface area contributed by atoms with Gasteiger partial charge in [0, 0.05) is 35.5 Å². The zero-order valence-electron chi connectivity index (χ0n) is 16.0. The van der Waals surface area contributed by atoms with Crippen LogP contribution < -0.4 is 5.32 Å². The zero-order chi connectivity index (χ0) is 20.7. The number of carbonyl (C=O) groups excluding carboxylic acids is 1. The Morgan fingerprint density at radius 2 is 1.80 bits per heavy atom. The molecule has 7 nitrogen and oxygen atoms in total. The van der Waals surface area contributed by atoms with Gasteiger partial charge in [-0.2, -0.15) is 4.31 Å². The number of aromatic nitrogens is 1. The maximum Gasteiger partial charge on any atom is 0.257 e. The first-order valence-electron chi connectivity index (χ1n) is 9.60. The van der Waals surface area contributed by atoms with Crippen LogP contribution in [0.5, 0.6) is 0 Å². The Morgan fingerprint density at radius 1 is 1.07 bits per heavy atom. The molecule has 30 heavy (non-hydrogen) atoms. The molecule has 0 bridgehead atoms. The second kappa shape index (κ2) is 7.59. The first-order valence-corrected chi connectivity index (χ1v) is 11.9. The molecule has 1 aromatic heterocycles. The van der Waals surface area contributed by atoms with Gasteiger partial charge in [-0.15, -0.1) is 11.3 Å². The van der Waals surface area contributed by atoms with Crippen LogP contribution in [-0.2, 0) is 21.2 Å². The van der Waals surface area contributed by atoms with Gasteiger partial charge in [0.15, 0.2) is 5.13 Å². The number of anilines is 1. The molecule has 0 saturated carbocycles. The molecule has 0 spiro atoms. The maximum atomic E-state index is 12.7. The molecule has 1 saturated heterocycles. The number of thiazole rings is 1. The summed E-state index contributed by atoms with van der Waals surface area (Å²) in [6.45, 7) is 1.45. The van der Waals surface area contributed by atoms with Crippen LogP contribution in [0.4, 0.5) is 5.13 Å². The normalized spacial score (nSPS) is 16.1. The maximum absolute atomic E-state index is 12.7. The molecule has 2 aromatic carbocycles. The van der Waals surface area contributed by atoms with Crippen molar-refractivity contribution < 1.29 is 17.9 Å². The van der Waals surface area contributed by atoms with Crippen LogP contribution in [0.3, 0.4) is 0 Å². The van der Waals surface area contributed by atoms with Crippen molar-refractivity contribution in [3.8, 4) is 11.3 Å². The Hall–Kier alpha value is -2.59. The van der Waals surface area contributed by atoms with E-state index in [2.05, 4.69) is 16.4 Å². The SMILES string of the molecule is O=C(Nc1nc2c(s1)Cc1ccccc1-2)c1ccc(S(=O)(=O)N2CCOCC2)cc1. The first-order chi connectivity index (χ1) is 14.5. The lowest BCUT2D eigenvalue weighted by atomic mass is 10.1. The number of nitrogens with zero attached hydrogens (tertiary/aromatic N) is 2. The number of nitrogens with one attached hydrogen (secondary N) is 1. The van der Waals surface area contributed by atoms with Crippen molar-refractivity contribution in [1.29, 1.82) is 0 Å². The fourth-order valence-electron chi connectivity index (χ4n) is 3.70. The minimum Gasteiger partial charge on any atom is -0.379 e. The number of benzene rings is 2. The van der Waals surface area contributed by atoms with Crippen molar-refractivity contribution >= 4 is 32.4 Å². The Labute approximate surface area is 178 Å². The fourth-order valence-corrected chi connectivity index (χ4v) is 6.10. The third kappa shape index (κ3) is 3.43. The highest BCUT2D eigenvalue weighted by Crippen LogP contribution is 2.40. The number of carbonyl (C=O) groups is 1. The number of hydrogen-bond acceptors (Lipinski definition) is 6. The zero-order valence-corrected chi connectivity index (χ0v) is 17.6. The molecule has 2 heterocycles. The molecular weight excluding hydrogens is 422 g/mol. The van der Waals surface area contributed by atoms with Crippen LogP contribution in [-0.4, -0.2) is 49.9 Å². The Morgan fingerprint density at radius 3 is 2.57 bits per heavy atom. The third-order valence-corrected chi connectivity index (χ3v) is 8.15. The minimum absolute atomic E-state index is 0.172. The molecule has 3 aromatic rings. The van der Waals surface area contributed by atoms with E-state index >= 15 is 0 Å². The lowest BCUT2D eigenvalue weighted by Gasteiger charge is -2.26. The van der Waals surface area contributed by atoms with Gasteiger partial charge < -0.3 is 4.74 Å². The summed E-state index contributed by atoms with van der Waals surface area (Å²) in [6.07, 6.45) is 0.827. The summed E-state index contributed by atoms with van der Waals surface area (Å²) in [5.41, 5.74) is 3.67. The van der Waals surface area contributed by atoms with Crippen molar-refractivity contribution in [1.82, 2.24) is 9.29 Å². The van der Waals surface area contributed by atoms with Gasteiger partial charge in [-0.3, -0.25) is 10.1 Å². The number of morpholine rings is 1. The molecule has 5 rings (SSSR count). The fraction of sp³-hybridized carbons (Fsp3) is 0.238. The van der Waals surface area contributed by atoms with E-state index in [1.54, 1.807) is 0 Å². The van der Waals surface area contributed by atoms with Crippen molar-refractivity contribution in [2.75, 3.05) is 31.6 Å². The predicted octanol–water partition coefficient (Wildman–Crippen LogP) is 2.99. The summed E-state index contributed by atoms with van der Waals surface area (Å²) in [7, 11) is -3.58. The largest absolute Gasteiger partial charge is 0.379 e. The smallest absolute Gasteiger partial charge is 0.257 e. The van der Waals surface area contributed by atoms with Crippen LogP contribution in [0.25, 0.3) is 11.3 Å². The van der Waals surface area contributed by atoms with Crippen LogP contribution in [0.2, 0.25) is 0 Å². The molecule has 1 N–H and O–H groups in total. The number of rotatable bonds is 4. The standard InChI is InChI=1S/C21H19N3O4S2/c25-20(23-21-22-19-17-4-2-1-3-15(17)13-18(19)29-21)14-5-7-16(8-6-14)30(26,27)24-9-11-28-12-10-24/h1-8H,9-13H2,(H,22,23,25). The molecule has 2 aliphatic rings. The van der Waals surface area contributed by atoms with Crippen LogP contribution >= 0.6 is 11.3 Å². The van der Waals surface area contributed by atoms with Crippen molar-refractivity contribution in [2.24, 2.45) is 0 Å². The van der Waals surface area contributed by atoms with E-state index in [1.807, 2.05) is 18.2 Å². The van der Waals surface area contributed by atoms with Gasteiger partial charge in [0.05, 0.1) is 23.8 Å². The van der Waals surface area contributed by atoms with E-state index in [1.165, 1.54) is 45.5 Å². The molecule has 0 atom stereocenters. The number of sulfonamides is 1. The molecule has 0 unspecified atom stereocenters. The quantitative estimate of drug-likeness (QED) is 0.526. The Balaban J connectivity index is 1.31. The summed E-state index contributed by atoms with van der Waals surface area (Å²) in [5, 5.41) is 3.38. The van der Waals surface area contributed by atoms with Gasteiger partial charge in [-0.05, 0) is 29.8 Å². The monoisotopic (exact) mass is 441 g/mol. The van der Waals surface area contributed by atoms with Crippen molar-refractivity contribution in [2.45, 2.75) is 11.3 Å². The molecule has 154 valence electrons. The van der Waals surface area contributed by atoms with Crippen LogP contribution in [0.15, 0.2) is 53.4 Å². The highest BCUT2D eigenvalue weighted by molar-refractivity contribution is 7.89. The predicted molar refractivity (Wildman–Crippen MR) is 114 cm³/mol. The van der Waals surface area contributed by atoms with E-state index in [0.29, 0.717) is 37.0 Å². The topological polar surface area (TPSA) is 88.6 Å². The van der Waals surface area contributed by atoms with E-state index in [9.17, 15) is 13.2 Å². The van der Waals surface area contributed by atoms with Crippen molar-refractivity contribution in [3.63, 3.8) is 0 Å². The second-order valence-electron chi connectivity index (χ2n) is 7.12. The van der Waals surface area contributed by atoms with Crippen LogP contribution in [0.1, 0.15) is 20.8 Å². The summed E-state index contributed by atoms with van der Waals surface area (Å²) in [6, 6.07) is 14.1. The van der Waals surface area contributed by atoms with E-state index in [0.717, 1.165) is 22.6 Å². The van der Waals surface area contributed by atoms with E-state index in [-0.39, 0.29) is 10.8 Å². The minimum atomic E-state index is -3.58. The van der Waals surface area contributed by atoms with Gasteiger partial charge in [0.1, 0.15) is 0 Å². The average molecular weight is 442 g/mol. The van der Waals surface area contributed by atoms with Gasteiger partial charge in [0.25, 0.3) is 5.91 Å². The average Bonchev–Trinajstić information content (AvgIpc) is 3.31. The molecule has 1 aliphatic heterocycles. The number of ether oxygens (including phenoxy) is 1.